The average Bonchev–Trinajstić information content (AvgIpc) is 3.49. The van der Waals surface area contributed by atoms with Gasteiger partial charge in [-0.3, -0.25) is 4.57 Å². The van der Waals surface area contributed by atoms with Crippen LogP contribution in [0, 0.1) is 6.57 Å². The minimum Gasteiger partial charge on any atom is -0.494 e. The van der Waals surface area contributed by atoms with Gasteiger partial charge in [0.2, 0.25) is 11.8 Å². The maximum Gasteiger partial charge on any atom is 0.205 e. The van der Waals surface area contributed by atoms with Crippen LogP contribution in [0.3, 0.4) is 0 Å². The molecule has 3 aliphatic rings. The number of aliphatic hydroxyl groups is 1. The van der Waals surface area contributed by atoms with E-state index >= 15 is 0 Å². The molecule has 3 atom stereocenters. The third-order valence-corrected chi connectivity index (χ3v) is 8.99. The quantitative estimate of drug-likeness (QED) is 0.274. The highest BCUT2D eigenvalue weighted by molar-refractivity contribution is 6.00. The van der Waals surface area contributed by atoms with Crippen LogP contribution < -0.4 is 4.74 Å². The van der Waals surface area contributed by atoms with Crippen molar-refractivity contribution in [1.29, 1.82) is 0 Å². The summed E-state index contributed by atoms with van der Waals surface area (Å²) in [6.45, 7) is 9.65. The summed E-state index contributed by atoms with van der Waals surface area (Å²) >= 11 is 0. The van der Waals surface area contributed by atoms with Gasteiger partial charge in [-0.25, -0.2) is 4.85 Å². The van der Waals surface area contributed by atoms with Gasteiger partial charge >= 0.3 is 0 Å². The summed E-state index contributed by atoms with van der Waals surface area (Å²) in [6, 6.07) is 17.1. The molecule has 4 aromatic rings. The second-order valence-electron chi connectivity index (χ2n) is 11.1. The Bertz CT molecular complexity index is 1680. The Morgan fingerprint density at radius 3 is 2.59 bits per heavy atom. The number of hydrogen-bond donors (Lipinski definition) is 3. The zero-order valence-corrected chi connectivity index (χ0v) is 21.8. The first-order chi connectivity index (χ1) is 18.9. The predicted octanol–water partition coefficient (Wildman–Crippen LogP) is 6.15. The number of aromatic hydroxyl groups is 2. The van der Waals surface area contributed by atoms with Gasteiger partial charge in [0.15, 0.2) is 5.69 Å². The molecule has 39 heavy (non-hydrogen) atoms. The lowest BCUT2D eigenvalue weighted by molar-refractivity contribution is -0.107. The molecule has 3 heterocycles. The molecule has 1 saturated heterocycles. The summed E-state index contributed by atoms with van der Waals surface area (Å²) < 4.78 is 14.2. The van der Waals surface area contributed by atoms with Crippen molar-refractivity contribution in [2.45, 2.75) is 62.8 Å². The standard InChI is InChI=1S/C32H30N2O5/c1-31-26(35)18-32(39-31,16-17-38-25-13-7-9-19-8-3-4-10-20(19)25)28-27(31)29(36)34(30(28)37)24-15-14-23(33-2)21-11-5-6-12-22(21)24/h5-7,9,11-15,26,35-37H,3-4,8,10,16-18H2,1H3/t26-,31?,32?/m1/s1. The van der Waals surface area contributed by atoms with Crippen molar-refractivity contribution in [2.24, 2.45) is 0 Å². The number of aryl methyl sites for hydroxylation is 1. The fraction of sp³-hybridized carbons (Fsp3) is 0.344. The Balaban J connectivity index is 1.29. The molecule has 1 fully saturated rings. The van der Waals surface area contributed by atoms with E-state index in [2.05, 4.69) is 10.9 Å². The van der Waals surface area contributed by atoms with E-state index in [-0.39, 0.29) is 11.8 Å². The van der Waals surface area contributed by atoms with Gasteiger partial charge in [-0.05, 0) is 66.6 Å². The van der Waals surface area contributed by atoms with Crippen LogP contribution in [0.4, 0.5) is 5.69 Å². The van der Waals surface area contributed by atoms with E-state index in [1.54, 1.807) is 19.1 Å². The highest BCUT2D eigenvalue weighted by Gasteiger charge is 2.66. The summed E-state index contributed by atoms with van der Waals surface area (Å²) in [5.74, 6) is 0.611. The van der Waals surface area contributed by atoms with E-state index < -0.39 is 17.3 Å². The molecule has 1 aromatic heterocycles. The molecule has 2 unspecified atom stereocenters. The smallest absolute Gasteiger partial charge is 0.205 e. The van der Waals surface area contributed by atoms with Crippen molar-refractivity contribution in [3.63, 3.8) is 0 Å². The number of aromatic nitrogens is 1. The van der Waals surface area contributed by atoms with Gasteiger partial charge < -0.3 is 24.8 Å². The molecular weight excluding hydrogens is 492 g/mol. The minimum absolute atomic E-state index is 0.115. The van der Waals surface area contributed by atoms with E-state index in [0.29, 0.717) is 42.0 Å². The molecule has 2 aliphatic heterocycles. The predicted molar refractivity (Wildman–Crippen MR) is 147 cm³/mol. The third kappa shape index (κ3) is 3.28. The van der Waals surface area contributed by atoms with Gasteiger partial charge in [0.05, 0.1) is 36.1 Å². The molecule has 1 aliphatic carbocycles. The molecule has 0 radical (unpaired) electrons. The molecule has 3 N–H and O–H groups in total. The number of aliphatic hydroxyl groups excluding tert-OH is 1. The lowest BCUT2D eigenvalue weighted by Gasteiger charge is -2.27. The van der Waals surface area contributed by atoms with Crippen LogP contribution >= 0.6 is 0 Å². The Kier molecular flexibility index (Phi) is 5.25. The minimum atomic E-state index is -1.17. The molecule has 3 aromatic carbocycles. The first-order valence-electron chi connectivity index (χ1n) is 13.6. The number of fused-ring (bicyclic) bond motifs is 7. The van der Waals surface area contributed by atoms with E-state index in [9.17, 15) is 15.3 Å². The first kappa shape index (κ1) is 24.1. The fourth-order valence-electron chi connectivity index (χ4n) is 7.12. The van der Waals surface area contributed by atoms with E-state index in [4.69, 9.17) is 16.0 Å². The highest BCUT2D eigenvalue weighted by atomic mass is 16.6. The molecule has 0 spiro atoms. The zero-order chi connectivity index (χ0) is 26.9. The summed E-state index contributed by atoms with van der Waals surface area (Å²) in [5, 5.41) is 35.8. The third-order valence-electron chi connectivity index (χ3n) is 8.99. The van der Waals surface area contributed by atoms with Gasteiger partial charge in [-0.15, -0.1) is 0 Å². The van der Waals surface area contributed by atoms with Crippen LogP contribution in [0.1, 0.15) is 54.9 Å². The van der Waals surface area contributed by atoms with Gasteiger partial charge in [0.1, 0.15) is 17.0 Å². The van der Waals surface area contributed by atoms with Gasteiger partial charge in [-0.2, -0.15) is 0 Å². The number of ether oxygens (including phenoxy) is 2. The van der Waals surface area contributed by atoms with Gasteiger partial charge in [0.25, 0.3) is 0 Å². The second-order valence-corrected chi connectivity index (χ2v) is 11.1. The Morgan fingerprint density at radius 2 is 1.77 bits per heavy atom. The number of benzene rings is 3. The molecule has 7 nitrogen and oxygen atoms in total. The molecule has 198 valence electrons. The molecular formula is C32H30N2O5. The summed E-state index contributed by atoms with van der Waals surface area (Å²) in [4.78, 5) is 3.63. The number of nitrogens with zero attached hydrogens (tertiary/aromatic N) is 2. The van der Waals surface area contributed by atoms with Crippen LogP contribution in [0.15, 0.2) is 54.6 Å². The maximum absolute atomic E-state index is 11.7. The normalized spacial score (nSPS) is 24.9. The second kappa shape index (κ2) is 8.51. The molecule has 2 bridgehead atoms. The van der Waals surface area contributed by atoms with E-state index in [1.165, 1.54) is 22.1 Å². The average molecular weight is 523 g/mol. The van der Waals surface area contributed by atoms with Gasteiger partial charge in [-0.1, -0.05) is 42.5 Å². The summed E-state index contributed by atoms with van der Waals surface area (Å²) in [5.41, 5.74) is 2.41. The van der Waals surface area contributed by atoms with Crippen molar-refractivity contribution in [2.75, 3.05) is 6.61 Å². The van der Waals surface area contributed by atoms with Crippen LogP contribution in [0.25, 0.3) is 21.3 Å². The fourth-order valence-corrected chi connectivity index (χ4v) is 7.12. The zero-order valence-electron chi connectivity index (χ0n) is 21.8. The monoisotopic (exact) mass is 522 g/mol. The summed E-state index contributed by atoms with van der Waals surface area (Å²) in [6.07, 6.45) is 4.28. The SMILES string of the molecule is [C-]#[N+]c1ccc(-n2c(O)c3c(c2O)C2(C)OC3(CCOc3cccc4c3CCCC4)C[C@H]2O)c2ccccc12. The van der Waals surface area contributed by atoms with E-state index in [1.807, 2.05) is 36.4 Å². The number of rotatable bonds is 5. The van der Waals surface area contributed by atoms with E-state index in [0.717, 1.165) is 35.8 Å². The van der Waals surface area contributed by atoms with Crippen LogP contribution in [0.5, 0.6) is 17.5 Å². The first-order valence-corrected chi connectivity index (χ1v) is 13.6. The van der Waals surface area contributed by atoms with Crippen LogP contribution in [0.2, 0.25) is 0 Å². The maximum atomic E-state index is 11.7. The topological polar surface area (TPSA) is 88.4 Å². The lowest BCUT2D eigenvalue weighted by atomic mass is 9.76. The molecule has 0 amide bonds. The number of hydrogen-bond acceptors (Lipinski definition) is 5. The molecule has 0 saturated carbocycles. The van der Waals surface area contributed by atoms with Crippen molar-refractivity contribution < 1.29 is 24.8 Å². The lowest BCUT2D eigenvalue weighted by Crippen LogP contribution is -2.33. The highest BCUT2D eigenvalue weighted by Crippen LogP contribution is 2.65. The van der Waals surface area contributed by atoms with Gasteiger partial charge in [0, 0.05) is 12.8 Å². The van der Waals surface area contributed by atoms with Crippen molar-refractivity contribution in [3.8, 4) is 23.2 Å². The molecule has 7 heteroatoms. The van der Waals surface area contributed by atoms with Crippen molar-refractivity contribution in [1.82, 2.24) is 4.57 Å². The Labute approximate surface area is 226 Å². The Hall–Kier alpha value is -3.99. The van der Waals surface area contributed by atoms with Crippen molar-refractivity contribution >= 4 is 16.5 Å². The van der Waals surface area contributed by atoms with Crippen LogP contribution in [-0.2, 0) is 28.8 Å². The van der Waals surface area contributed by atoms with Crippen molar-refractivity contribution in [3.05, 3.63) is 88.3 Å². The Morgan fingerprint density at radius 1 is 1.00 bits per heavy atom. The largest absolute Gasteiger partial charge is 0.494 e. The summed E-state index contributed by atoms with van der Waals surface area (Å²) in [7, 11) is 0. The van der Waals surface area contributed by atoms with Crippen LogP contribution in [-0.4, -0.2) is 32.6 Å². The molecule has 7 rings (SSSR count).